The molecule has 0 aromatic heterocycles. The molecule has 0 aliphatic rings. The zero-order valence-electron chi connectivity index (χ0n) is 17.5. The molecule has 0 saturated carbocycles. The highest BCUT2D eigenvalue weighted by Crippen LogP contribution is 2.49. The molecule has 3 rings (SSSR count). The number of anilines is 2. The molecule has 0 unspecified atom stereocenters. The first-order valence-electron chi connectivity index (χ1n) is 9.39. The summed E-state index contributed by atoms with van der Waals surface area (Å²) in [6.07, 6.45) is -16.5. The van der Waals surface area contributed by atoms with Crippen LogP contribution < -0.4 is 20.9 Å². The molecule has 0 radical (unpaired) electrons. The van der Waals surface area contributed by atoms with Crippen molar-refractivity contribution in [2.75, 3.05) is 11.5 Å². The summed E-state index contributed by atoms with van der Waals surface area (Å²) in [7, 11) is 0. The molecule has 0 atom stereocenters. The van der Waals surface area contributed by atoms with Crippen molar-refractivity contribution in [1.82, 2.24) is 0 Å². The van der Waals surface area contributed by atoms with Gasteiger partial charge >= 0.3 is 18.5 Å². The first-order valence-corrected chi connectivity index (χ1v) is 9.39. The molecule has 37 heavy (non-hydrogen) atoms. The van der Waals surface area contributed by atoms with E-state index in [2.05, 4.69) is 9.47 Å². The van der Waals surface area contributed by atoms with E-state index >= 15 is 4.39 Å². The zero-order chi connectivity index (χ0) is 28.1. The maximum atomic E-state index is 15.2. The van der Waals surface area contributed by atoms with Crippen LogP contribution in [0.2, 0.25) is 0 Å². The molecule has 3 aromatic rings. The lowest BCUT2D eigenvalue weighted by Crippen LogP contribution is -2.16. The van der Waals surface area contributed by atoms with Gasteiger partial charge in [-0.05, 0) is 24.3 Å². The fraction of sp³-hybridized carbons (Fsp3) is 0.143. The van der Waals surface area contributed by atoms with Gasteiger partial charge < -0.3 is 20.9 Å². The number of ether oxygens (including phenoxy) is 2. The van der Waals surface area contributed by atoms with Crippen LogP contribution in [0.3, 0.4) is 0 Å². The van der Waals surface area contributed by atoms with E-state index in [0.29, 0.717) is 30.3 Å². The molecular formula is C21H10F12N2O2. The molecular weight excluding hydrogens is 540 g/mol. The van der Waals surface area contributed by atoms with Gasteiger partial charge in [0.25, 0.3) is 0 Å². The maximum absolute atomic E-state index is 15.2. The number of nitrogens with two attached hydrogens (primary N) is 2. The average Bonchev–Trinajstić information content (AvgIpc) is 2.72. The van der Waals surface area contributed by atoms with Gasteiger partial charge in [0, 0.05) is 23.5 Å². The number of hydrogen-bond donors (Lipinski definition) is 2. The third-order valence-corrected chi connectivity index (χ3v) is 4.57. The third kappa shape index (κ3) is 5.56. The Bertz CT molecular complexity index is 1350. The lowest BCUT2D eigenvalue weighted by atomic mass is 10.1. The predicted octanol–water partition coefficient (Wildman–Crippen LogP) is 7.91. The van der Waals surface area contributed by atoms with Crippen LogP contribution >= 0.6 is 0 Å². The lowest BCUT2D eigenvalue weighted by molar-refractivity contribution is -0.142. The largest absolute Gasteiger partial charge is 0.453 e. The van der Waals surface area contributed by atoms with Crippen LogP contribution in [0.5, 0.6) is 23.0 Å². The first kappa shape index (κ1) is 27.6. The highest BCUT2D eigenvalue weighted by molar-refractivity contribution is 5.56. The number of nitrogen functional groups attached to an aromatic ring is 2. The van der Waals surface area contributed by atoms with Gasteiger partial charge in [-0.15, -0.1) is 0 Å². The Hall–Kier alpha value is -3.98. The summed E-state index contributed by atoms with van der Waals surface area (Å²) in [6, 6.07) is 2.58. The van der Waals surface area contributed by atoms with Crippen molar-refractivity contribution >= 4 is 11.4 Å². The second-order valence-electron chi connectivity index (χ2n) is 7.18. The van der Waals surface area contributed by atoms with Crippen molar-refractivity contribution in [1.29, 1.82) is 0 Å². The molecule has 0 heterocycles. The molecule has 4 N–H and O–H groups in total. The molecule has 0 aliphatic carbocycles. The smallest absolute Gasteiger partial charge is 0.423 e. The van der Waals surface area contributed by atoms with Crippen molar-refractivity contribution in [2.24, 2.45) is 0 Å². The summed E-state index contributed by atoms with van der Waals surface area (Å²) in [5.74, 6) is -15.9. The summed E-state index contributed by atoms with van der Waals surface area (Å²) in [5, 5.41) is 0. The van der Waals surface area contributed by atoms with E-state index in [1.807, 2.05) is 0 Å². The first-order chi connectivity index (χ1) is 16.8. The summed E-state index contributed by atoms with van der Waals surface area (Å²) < 4.78 is 173. The highest BCUT2D eigenvalue weighted by Gasteiger charge is 2.45. The van der Waals surface area contributed by atoms with Gasteiger partial charge in [0.15, 0.2) is 11.6 Å². The quantitative estimate of drug-likeness (QED) is 0.197. The van der Waals surface area contributed by atoms with Crippen molar-refractivity contribution in [3.8, 4) is 23.0 Å². The molecule has 0 amide bonds. The SMILES string of the molecule is Nc1ccc(C(F)(F)F)c(Oc2c(F)c(F)c(C(F)(F)F)c(Oc3cc(N)ccc3C(F)(F)F)c2F)c1. The standard InChI is InChI=1S/C21H10F12N2O2/c22-14-13(21(31,32)33)17(36-11-5-7(34)1-3-9(11)19(25,26)27)16(24)18(15(14)23)37-12-6-8(35)2-4-10(12)20(28,29)30/h1-6H,34-35H2. The second kappa shape index (κ2) is 9.15. The summed E-state index contributed by atoms with van der Waals surface area (Å²) in [4.78, 5) is 0. The monoisotopic (exact) mass is 550 g/mol. The summed E-state index contributed by atoms with van der Waals surface area (Å²) >= 11 is 0. The van der Waals surface area contributed by atoms with Crippen molar-refractivity contribution in [3.63, 3.8) is 0 Å². The van der Waals surface area contributed by atoms with E-state index in [9.17, 15) is 48.3 Å². The molecule has 0 fully saturated rings. The number of halogens is 12. The van der Waals surface area contributed by atoms with Crippen molar-refractivity contribution in [3.05, 3.63) is 70.5 Å². The topological polar surface area (TPSA) is 70.5 Å². The van der Waals surface area contributed by atoms with Gasteiger partial charge in [-0.3, -0.25) is 0 Å². The van der Waals surface area contributed by atoms with E-state index in [0.717, 1.165) is 0 Å². The Morgan fingerprint density at radius 1 is 0.514 bits per heavy atom. The minimum Gasteiger partial charge on any atom is -0.453 e. The second-order valence-corrected chi connectivity index (χ2v) is 7.18. The minimum atomic E-state index is -5.97. The Morgan fingerprint density at radius 2 is 0.919 bits per heavy atom. The Balaban J connectivity index is 2.31. The molecule has 0 bridgehead atoms. The van der Waals surface area contributed by atoms with Crippen LogP contribution in [0.25, 0.3) is 0 Å². The molecule has 4 nitrogen and oxygen atoms in total. The molecule has 0 saturated heterocycles. The number of alkyl halides is 9. The zero-order valence-corrected chi connectivity index (χ0v) is 17.5. The van der Waals surface area contributed by atoms with E-state index in [1.165, 1.54) is 0 Å². The van der Waals surface area contributed by atoms with E-state index < -0.39 is 87.0 Å². The average molecular weight is 550 g/mol. The Morgan fingerprint density at radius 3 is 1.30 bits per heavy atom. The van der Waals surface area contributed by atoms with Gasteiger partial charge in [0.05, 0.1) is 11.1 Å². The predicted molar refractivity (Wildman–Crippen MR) is 103 cm³/mol. The van der Waals surface area contributed by atoms with Gasteiger partial charge in [-0.1, -0.05) is 0 Å². The van der Waals surface area contributed by atoms with Crippen LogP contribution in [0.15, 0.2) is 36.4 Å². The normalized spacial score (nSPS) is 12.5. The Kier molecular flexibility index (Phi) is 6.83. The van der Waals surface area contributed by atoms with E-state index in [1.54, 1.807) is 0 Å². The van der Waals surface area contributed by atoms with Gasteiger partial charge in [0.2, 0.25) is 17.4 Å². The van der Waals surface area contributed by atoms with Gasteiger partial charge in [-0.25, -0.2) is 4.39 Å². The number of rotatable bonds is 4. The van der Waals surface area contributed by atoms with E-state index in [4.69, 9.17) is 11.5 Å². The van der Waals surface area contributed by atoms with Crippen LogP contribution in [-0.4, -0.2) is 0 Å². The Labute approximate surface area is 198 Å². The highest BCUT2D eigenvalue weighted by atomic mass is 19.4. The lowest BCUT2D eigenvalue weighted by Gasteiger charge is -2.21. The van der Waals surface area contributed by atoms with Crippen LogP contribution in [-0.2, 0) is 18.5 Å². The minimum absolute atomic E-state index is 0.246. The van der Waals surface area contributed by atoms with Gasteiger partial charge in [0.1, 0.15) is 17.1 Å². The third-order valence-electron chi connectivity index (χ3n) is 4.57. The van der Waals surface area contributed by atoms with Crippen LogP contribution in [0, 0.1) is 17.5 Å². The molecule has 0 spiro atoms. The van der Waals surface area contributed by atoms with E-state index in [-0.39, 0.29) is 6.07 Å². The number of benzene rings is 3. The maximum Gasteiger partial charge on any atom is 0.423 e. The summed E-state index contributed by atoms with van der Waals surface area (Å²) in [6.45, 7) is 0. The van der Waals surface area contributed by atoms with Crippen molar-refractivity contribution < 1.29 is 62.2 Å². The molecule has 0 aliphatic heterocycles. The molecule has 16 heteroatoms. The molecule has 3 aromatic carbocycles. The fourth-order valence-corrected chi connectivity index (χ4v) is 2.99. The summed E-state index contributed by atoms with van der Waals surface area (Å²) in [5.41, 5.74) is 3.27. The van der Waals surface area contributed by atoms with Crippen molar-refractivity contribution in [2.45, 2.75) is 18.5 Å². The van der Waals surface area contributed by atoms with Gasteiger partial charge in [-0.2, -0.15) is 48.3 Å². The van der Waals surface area contributed by atoms with Crippen LogP contribution in [0.4, 0.5) is 64.1 Å². The molecule has 200 valence electrons. The number of hydrogen-bond acceptors (Lipinski definition) is 4. The fourth-order valence-electron chi connectivity index (χ4n) is 2.99. The van der Waals surface area contributed by atoms with Crippen LogP contribution in [0.1, 0.15) is 16.7 Å².